The topological polar surface area (TPSA) is 234 Å². The maximum absolute atomic E-state index is 13.8. The van der Waals surface area contributed by atoms with E-state index in [-0.39, 0.29) is 54.3 Å². The minimum absolute atomic E-state index is 0.194. The molecule has 1 saturated carbocycles. The van der Waals surface area contributed by atoms with Crippen molar-refractivity contribution in [3.63, 3.8) is 0 Å². The van der Waals surface area contributed by atoms with E-state index in [9.17, 15) is 29.1 Å². The van der Waals surface area contributed by atoms with Gasteiger partial charge >= 0.3 is 12.2 Å². The van der Waals surface area contributed by atoms with Crippen LogP contribution in [0, 0.1) is 18.8 Å². The Kier molecular flexibility index (Phi) is 13.0. The second-order valence-electron chi connectivity index (χ2n) is 15.9. The summed E-state index contributed by atoms with van der Waals surface area (Å²) in [5, 5.41) is 34.9. The molecule has 17 nitrogen and oxygen atoms in total. The number of nitrogens with one attached hydrogen (secondary N) is 5. The number of carboxylic acid groups (broad SMARTS) is 1. The number of aryl methyl sites for hydroxylation is 1. The lowest BCUT2D eigenvalue weighted by molar-refractivity contribution is -0.130. The molecule has 1 saturated heterocycles. The molecular weight excluding hydrogens is 745 g/mol. The molecule has 2 aliphatic rings. The van der Waals surface area contributed by atoms with E-state index in [0.29, 0.717) is 49.6 Å². The van der Waals surface area contributed by atoms with Gasteiger partial charge in [-0.3, -0.25) is 14.4 Å². The van der Waals surface area contributed by atoms with Crippen LogP contribution < -0.4 is 21.3 Å². The maximum Gasteiger partial charge on any atom is 0.407 e. The lowest BCUT2D eigenvalue weighted by Gasteiger charge is -2.29. The van der Waals surface area contributed by atoms with Crippen molar-refractivity contribution in [1.29, 1.82) is 0 Å². The number of alkyl carbamates (subject to hydrolysis) is 1. The molecule has 5 amide bonds. The van der Waals surface area contributed by atoms with Crippen molar-refractivity contribution in [3.05, 3.63) is 77.6 Å². The van der Waals surface area contributed by atoms with Crippen molar-refractivity contribution in [2.24, 2.45) is 11.8 Å². The van der Waals surface area contributed by atoms with E-state index < -0.39 is 23.8 Å². The second kappa shape index (κ2) is 18.3. The number of aromatic nitrogens is 5. The molecule has 0 radical (unpaired) electrons. The predicted molar refractivity (Wildman–Crippen MR) is 213 cm³/mol. The van der Waals surface area contributed by atoms with Crippen LogP contribution in [0.4, 0.5) is 15.3 Å². The first-order valence-electron chi connectivity index (χ1n) is 19.5. The third-order valence-corrected chi connectivity index (χ3v) is 10.4. The summed E-state index contributed by atoms with van der Waals surface area (Å²) in [5.74, 6) is -0.560. The summed E-state index contributed by atoms with van der Waals surface area (Å²) in [5.41, 5.74) is 4.06. The molecule has 1 aliphatic carbocycles. The van der Waals surface area contributed by atoms with Crippen molar-refractivity contribution in [1.82, 2.24) is 46.5 Å². The summed E-state index contributed by atoms with van der Waals surface area (Å²) in [7, 11) is 0. The zero-order valence-electron chi connectivity index (χ0n) is 33.1. The fourth-order valence-electron chi connectivity index (χ4n) is 7.25. The number of ether oxygens (including phenoxy) is 1. The molecule has 0 bridgehead atoms. The van der Waals surface area contributed by atoms with Gasteiger partial charge in [0.1, 0.15) is 17.3 Å². The van der Waals surface area contributed by atoms with Gasteiger partial charge in [0, 0.05) is 60.5 Å². The third kappa shape index (κ3) is 11.1. The van der Waals surface area contributed by atoms with Crippen molar-refractivity contribution >= 4 is 35.6 Å². The normalized spacial score (nSPS) is 18.5. The van der Waals surface area contributed by atoms with Gasteiger partial charge in [-0.15, -0.1) is 10.2 Å². The van der Waals surface area contributed by atoms with Crippen LogP contribution in [-0.4, -0.2) is 103 Å². The maximum atomic E-state index is 13.8. The number of tetrazole rings is 1. The number of carbonyl (C=O) groups excluding carboxylic acids is 4. The number of carbonyl (C=O) groups is 5. The minimum Gasteiger partial charge on any atom is -0.465 e. The lowest BCUT2D eigenvalue weighted by atomic mass is 9.81. The fraction of sp³-hybridized carbons (Fsp3) is 0.439. The van der Waals surface area contributed by atoms with E-state index in [4.69, 9.17) is 4.74 Å². The average Bonchev–Trinajstić information content (AvgIpc) is 3.91. The minimum atomic E-state index is -1.00. The van der Waals surface area contributed by atoms with Crippen molar-refractivity contribution in [2.75, 3.05) is 25.0 Å². The molecule has 4 aromatic rings. The Morgan fingerprint density at radius 2 is 1.64 bits per heavy atom. The van der Waals surface area contributed by atoms with Gasteiger partial charge in [0.25, 0.3) is 5.91 Å². The van der Waals surface area contributed by atoms with Crippen molar-refractivity contribution in [2.45, 2.75) is 83.9 Å². The standard InChI is InChI=1S/C41H50N10O7/c1-24-32(17-18-33(43-24)37(53)45-31-19-20-51(23-31)40(56)57)27-9-5-25(6-10-27)21-34(38(54)44-30-15-13-28(14-16-30)35-47-49-50-48-35)46-36(52)29-11-7-26(8-12-29)22-42-39(55)58-41(2,3)4/h5-6,9-10,13-18,26,29,31,34H,7-8,11-12,19-23H2,1-4H3,(H,42,55)(H,44,54)(H,45,53)(H,46,52)(H,56,57)(H,47,48,49,50)/t26?,29?,31-,34+/m1/s1. The molecule has 17 heteroatoms. The largest absolute Gasteiger partial charge is 0.465 e. The molecule has 58 heavy (non-hydrogen) atoms. The summed E-state index contributed by atoms with van der Waals surface area (Å²) >= 11 is 0. The Bertz CT molecular complexity index is 2080. The Hall–Kier alpha value is -6.39. The average molecular weight is 795 g/mol. The summed E-state index contributed by atoms with van der Waals surface area (Å²) < 4.78 is 5.35. The van der Waals surface area contributed by atoms with Crippen LogP contribution in [-0.2, 0) is 20.7 Å². The van der Waals surface area contributed by atoms with E-state index in [1.165, 1.54) is 4.90 Å². The highest BCUT2D eigenvalue weighted by Crippen LogP contribution is 2.29. The van der Waals surface area contributed by atoms with Crippen LogP contribution in [0.1, 0.15) is 74.6 Å². The Morgan fingerprint density at radius 1 is 0.931 bits per heavy atom. The summed E-state index contributed by atoms with van der Waals surface area (Å²) in [4.78, 5) is 69.6. The number of pyridine rings is 1. The number of aromatic amines is 1. The summed E-state index contributed by atoms with van der Waals surface area (Å²) in [6, 6.07) is 16.9. The van der Waals surface area contributed by atoms with Crippen LogP contribution in [0.2, 0.25) is 0 Å². The number of nitrogens with zero attached hydrogens (tertiary/aromatic N) is 5. The van der Waals surface area contributed by atoms with Crippen LogP contribution in [0.25, 0.3) is 22.5 Å². The number of rotatable bonds is 12. The second-order valence-corrected chi connectivity index (χ2v) is 15.9. The SMILES string of the molecule is Cc1nc(C(=O)N[C@@H]2CCN(C(=O)O)C2)ccc1-c1ccc(C[C@H](NC(=O)C2CCC(CNC(=O)OC(C)(C)C)CC2)C(=O)Nc2ccc(-c3nn[nH]n3)cc2)cc1. The number of likely N-dealkylation sites (tertiary alicyclic amines) is 1. The molecule has 1 aliphatic heterocycles. The number of anilines is 1. The molecular formula is C41H50N10O7. The van der Waals surface area contributed by atoms with E-state index in [0.717, 1.165) is 35.1 Å². The highest BCUT2D eigenvalue weighted by Gasteiger charge is 2.31. The van der Waals surface area contributed by atoms with E-state index in [1.807, 2.05) is 58.0 Å². The zero-order chi connectivity index (χ0) is 41.4. The van der Waals surface area contributed by atoms with Gasteiger partial charge in [0.15, 0.2) is 0 Å². The third-order valence-electron chi connectivity index (χ3n) is 10.4. The molecule has 3 heterocycles. The van der Waals surface area contributed by atoms with Gasteiger partial charge in [-0.05, 0) is 112 Å². The molecule has 6 rings (SSSR count). The number of hydrogen-bond acceptors (Lipinski definition) is 10. The van der Waals surface area contributed by atoms with Crippen molar-refractivity contribution in [3.8, 4) is 22.5 Å². The molecule has 0 unspecified atom stereocenters. The Balaban J connectivity index is 1.10. The van der Waals surface area contributed by atoms with Gasteiger partial charge in [0.2, 0.25) is 17.6 Å². The monoisotopic (exact) mass is 794 g/mol. The lowest BCUT2D eigenvalue weighted by Crippen LogP contribution is -2.48. The van der Waals surface area contributed by atoms with E-state index >= 15 is 0 Å². The molecule has 2 aromatic heterocycles. The predicted octanol–water partition coefficient (Wildman–Crippen LogP) is 4.72. The first-order chi connectivity index (χ1) is 27.7. The van der Waals surface area contributed by atoms with Gasteiger partial charge < -0.3 is 36.0 Å². The summed E-state index contributed by atoms with van der Waals surface area (Å²) in [6.45, 7) is 8.34. The van der Waals surface area contributed by atoms with Crippen molar-refractivity contribution < 1.29 is 33.8 Å². The Labute approximate surface area is 336 Å². The molecule has 2 aromatic carbocycles. The number of hydrogen-bond donors (Lipinski definition) is 6. The highest BCUT2D eigenvalue weighted by molar-refractivity contribution is 5.98. The van der Waals surface area contributed by atoms with Gasteiger partial charge in [-0.2, -0.15) is 5.21 Å². The number of benzene rings is 2. The van der Waals surface area contributed by atoms with Gasteiger partial charge in [-0.1, -0.05) is 30.3 Å². The Morgan fingerprint density at radius 3 is 2.26 bits per heavy atom. The van der Waals surface area contributed by atoms with Crippen LogP contribution >= 0.6 is 0 Å². The fourth-order valence-corrected chi connectivity index (χ4v) is 7.25. The van der Waals surface area contributed by atoms with E-state index in [2.05, 4.69) is 46.9 Å². The van der Waals surface area contributed by atoms with Crippen LogP contribution in [0.5, 0.6) is 0 Å². The van der Waals surface area contributed by atoms with Gasteiger partial charge in [0.05, 0.1) is 0 Å². The number of H-pyrrole nitrogens is 1. The van der Waals surface area contributed by atoms with Gasteiger partial charge in [-0.25, -0.2) is 14.6 Å². The quantitative estimate of drug-likeness (QED) is 0.115. The molecule has 2 fully saturated rings. The molecule has 0 spiro atoms. The van der Waals surface area contributed by atoms with E-state index in [1.54, 1.807) is 30.3 Å². The summed E-state index contributed by atoms with van der Waals surface area (Å²) in [6.07, 6.45) is 2.08. The van der Waals surface area contributed by atoms with Crippen LogP contribution in [0.15, 0.2) is 60.7 Å². The zero-order valence-corrected chi connectivity index (χ0v) is 33.1. The molecule has 306 valence electrons. The smallest absolute Gasteiger partial charge is 0.407 e. The van der Waals surface area contributed by atoms with Crippen LogP contribution in [0.3, 0.4) is 0 Å². The first kappa shape index (κ1) is 41.2. The number of amides is 5. The highest BCUT2D eigenvalue weighted by atomic mass is 16.6. The first-order valence-corrected chi connectivity index (χ1v) is 19.5. The molecule has 2 atom stereocenters. The molecule has 6 N–H and O–H groups in total.